The Morgan fingerprint density at radius 2 is 0.758 bits per heavy atom. The van der Waals surface area contributed by atoms with Crippen LogP contribution in [-0.2, 0) is 27.9 Å². The van der Waals surface area contributed by atoms with Crippen molar-refractivity contribution in [1.82, 2.24) is 0 Å². The van der Waals surface area contributed by atoms with E-state index < -0.39 is 63.1 Å². The lowest BCUT2D eigenvalue weighted by atomic mass is 9.85. The SMILES string of the molecule is CCCCCCCCCCCCCCCCCCCCCCCC(=O)OC(COCCCCCCCCCCCCCCCC)COP(=O)(O)OC1C(O)C(O)C(O)C(O)C1O. The van der Waals surface area contributed by atoms with Gasteiger partial charge in [0, 0.05) is 13.0 Å². The number of aliphatic hydroxyl groups excluding tert-OH is 5. The molecule has 0 heterocycles. The van der Waals surface area contributed by atoms with Crippen LogP contribution in [-0.4, -0.2) is 98.9 Å². The molecule has 0 aromatic carbocycles. The first-order valence-corrected chi connectivity index (χ1v) is 27.4. The highest BCUT2D eigenvalue weighted by Crippen LogP contribution is 2.47. The molecule has 13 heteroatoms. The van der Waals surface area contributed by atoms with E-state index in [2.05, 4.69) is 13.8 Å². The molecule has 6 unspecified atom stereocenters. The normalized spacial score (nSPS) is 21.9. The number of phosphoric acid groups is 1. The highest BCUT2D eigenvalue weighted by Gasteiger charge is 2.51. The van der Waals surface area contributed by atoms with Gasteiger partial charge in [-0.15, -0.1) is 0 Å². The molecule has 0 spiro atoms. The number of hydrogen-bond acceptors (Lipinski definition) is 11. The van der Waals surface area contributed by atoms with Crippen LogP contribution in [0.4, 0.5) is 0 Å². The standard InChI is InChI=1S/C49H97O12P/c1-3-5-7-9-11-13-15-17-19-20-21-22-23-24-25-26-28-30-32-34-36-38-43(50)60-42(40-58-39-37-35-33-31-29-27-18-16-14-12-10-8-6-4-2)41-59-62(56,57)61-49-47(54)45(52)44(51)46(53)48(49)55/h42,44-49,51-55H,3-41H2,1-2H3,(H,56,57). The highest BCUT2D eigenvalue weighted by atomic mass is 31.2. The second-order valence-electron chi connectivity index (χ2n) is 18.4. The Labute approximate surface area is 378 Å². The molecule has 0 bridgehead atoms. The first kappa shape index (κ1) is 59.4. The number of carbonyl (C=O) groups excluding carboxylic acids is 1. The Balaban J connectivity index is 2.30. The van der Waals surface area contributed by atoms with E-state index in [1.807, 2.05) is 0 Å². The summed E-state index contributed by atoms with van der Waals surface area (Å²) in [5.41, 5.74) is 0. The molecule has 6 atom stereocenters. The summed E-state index contributed by atoms with van der Waals surface area (Å²) in [6.45, 7) is 4.31. The molecular formula is C49H97O12P. The Kier molecular flexibility index (Phi) is 38.9. The van der Waals surface area contributed by atoms with E-state index in [9.17, 15) is 39.8 Å². The first-order valence-electron chi connectivity index (χ1n) is 25.9. The lowest BCUT2D eigenvalue weighted by Gasteiger charge is -2.41. The third kappa shape index (κ3) is 32.1. The van der Waals surface area contributed by atoms with Crippen LogP contribution in [0.2, 0.25) is 0 Å². The van der Waals surface area contributed by atoms with Crippen LogP contribution >= 0.6 is 7.82 Å². The molecule has 0 aromatic rings. The molecule has 0 radical (unpaired) electrons. The highest BCUT2D eigenvalue weighted by molar-refractivity contribution is 7.47. The fraction of sp³-hybridized carbons (Fsp3) is 0.980. The Morgan fingerprint density at radius 3 is 1.11 bits per heavy atom. The van der Waals surface area contributed by atoms with Crippen molar-refractivity contribution >= 4 is 13.8 Å². The van der Waals surface area contributed by atoms with E-state index in [1.54, 1.807) is 0 Å². The second kappa shape index (κ2) is 40.6. The maximum Gasteiger partial charge on any atom is 0.472 e. The largest absolute Gasteiger partial charge is 0.472 e. The van der Waals surface area contributed by atoms with Crippen molar-refractivity contribution in [3.8, 4) is 0 Å². The zero-order valence-corrected chi connectivity index (χ0v) is 40.6. The molecule has 1 aliphatic carbocycles. The van der Waals surface area contributed by atoms with Gasteiger partial charge in [-0.1, -0.05) is 226 Å². The van der Waals surface area contributed by atoms with Crippen LogP contribution in [0.15, 0.2) is 0 Å². The summed E-state index contributed by atoms with van der Waals surface area (Å²) >= 11 is 0. The van der Waals surface area contributed by atoms with E-state index in [-0.39, 0.29) is 13.0 Å². The first-order chi connectivity index (χ1) is 30.0. The number of unbranched alkanes of at least 4 members (excludes halogenated alkanes) is 33. The lowest BCUT2D eigenvalue weighted by molar-refractivity contribution is -0.220. The van der Waals surface area contributed by atoms with Crippen molar-refractivity contribution in [2.24, 2.45) is 0 Å². The summed E-state index contributed by atoms with van der Waals surface area (Å²) in [5.74, 6) is -0.469. The van der Waals surface area contributed by atoms with Crippen LogP contribution in [0, 0.1) is 0 Å². The van der Waals surface area contributed by atoms with Gasteiger partial charge in [0.15, 0.2) is 0 Å². The van der Waals surface area contributed by atoms with E-state index in [0.717, 1.165) is 38.5 Å². The molecular weight excluding hydrogens is 812 g/mol. The number of rotatable bonds is 45. The van der Waals surface area contributed by atoms with Crippen LogP contribution in [0.25, 0.3) is 0 Å². The molecule has 0 saturated heterocycles. The van der Waals surface area contributed by atoms with Gasteiger partial charge in [0.25, 0.3) is 0 Å². The number of ether oxygens (including phenoxy) is 2. The number of carbonyl (C=O) groups is 1. The van der Waals surface area contributed by atoms with Gasteiger partial charge in [-0.3, -0.25) is 13.8 Å². The summed E-state index contributed by atoms with van der Waals surface area (Å²) in [5, 5.41) is 50.3. The van der Waals surface area contributed by atoms with E-state index in [4.69, 9.17) is 18.5 Å². The molecule has 370 valence electrons. The number of esters is 1. The predicted molar refractivity (Wildman–Crippen MR) is 249 cm³/mol. The fourth-order valence-electron chi connectivity index (χ4n) is 8.36. The summed E-state index contributed by atoms with van der Waals surface area (Å²) in [7, 11) is -5.01. The van der Waals surface area contributed by atoms with Crippen LogP contribution in [0.5, 0.6) is 0 Å². The minimum absolute atomic E-state index is 0.0677. The molecule has 0 amide bonds. The van der Waals surface area contributed by atoms with E-state index in [0.29, 0.717) is 13.0 Å². The quantitative estimate of drug-likeness (QED) is 0.0193. The zero-order chi connectivity index (χ0) is 45.5. The maximum atomic E-state index is 12.8. The third-order valence-electron chi connectivity index (χ3n) is 12.5. The molecule has 1 saturated carbocycles. The topological polar surface area (TPSA) is 192 Å². The van der Waals surface area contributed by atoms with Crippen LogP contribution in [0.3, 0.4) is 0 Å². The predicted octanol–water partition coefficient (Wildman–Crippen LogP) is 11.3. The second-order valence-corrected chi connectivity index (χ2v) is 19.8. The summed E-state index contributed by atoms with van der Waals surface area (Å²) in [4.78, 5) is 23.2. The Hall–Kier alpha value is -0.660. The van der Waals surface area contributed by atoms with Crippen molar-refractivity contribution in [2.75, 3.05) is 19.8 Å². The molecule has 1 fully saturated rings. The van der Waals surface area contributed by atoms with E-state index >= 15 is 0 Å². The lowest BCUT2D eigenvalue weighted by Crippen LogP contribution is -2.64. The Bertz CT molecular complexity index is 1040. The van der Waals surface area contributed by atoms with Gasteiger partial charge in [0.2, 0.25) is 0 Å². The molecule has 6 N–H and O–H groups in total. The molecule has 1 rings (SSSR count). The smallest absolute Gasteiger partial charge is 0.457 e. The van der Waals surface area contributed by atoms with Crippen LogP contribution in [0.1, 0.15) is 245 Å². The average molecular weight is 909 g/mol. The zero-order valence-electron chi connectivity index (χ0n) is 39.7. The maximum absolute atomic E-state index is 12.8. The third-order valence-corrected chi connectivity index (χ3v) is 13.5. The minimum atomic E-state index is -5.01. The molecule has 62 heavy (non-hydrogen) atoms. The van der Waals surface area contributed by atoms with E-state index in [1.165, 1.54) is 180 Å². The Morgan fingerprint density at radius 1 is 0.452 bits per heavy atom. The summed E-state index contributed by atoms with van der Waals surface area (Å²) < 4.78 is 34.3. The fourth-order valence-corrected chi connectivity index (χ4v) is 9.33. The van der Waals surface area contributed by atoms with Gasteiger partial charge in [-0.05, 0) is 12.8 Å². The van der Waals surface area contributed by atoms with Crippen molar-refractivity contribution in [3.63, 3.8) is 0 Å². The van der Waals surface area contributed by atoms with Gasteiger partial charge >= 0.3 is 13.8 Å². The number of aliphatic hydroxyl groups is 5. The summed E-state index contributed by atoms with van der Waals surface area (Å²) in [6, 6.07) is 0. The van der Waals surface area contributed by atoms with Gasteiger partial charge in [-0.2, -0.15) is 0 Å². The molecule has 0 aromatic heterocycles. The van der Waals surface area contributed by atoms with Gasteiger partial charge in [-0.25, -0.2) is 4.57 Å². The minimum Gasteiger partial charge on any atom is -0.457 e. The number of phosphoric ester groups is 1. The molecule has 0 aliphatic heterocycles. The van der Waals surface area contributed by atoms with Gasteiger partial charge in [0.05, 0.1) is 13.2 Å². The van der Waals surface area contributed by atoms with Crippen molar-refractivity contribution in [3.05, 3.63) is 0 Å². The van der Waals surface area contributed by atoms with Crippen molar-refractivity contribution in [1.29, 1.82) is 0 Å². The van der Waals surface area contributed by atoms with Gasteiger partial charge in [0.1, 0.15) is 42.7 Å². The van der Waals surface area contributed by atoms with Crippen molar-refractivity contribution in [2.45, 2.75) is 288 Å². The number of hydrogen-bond donors (Lipinski definition) is 6. The monoisotopic (exact) mass is 909 g/mol. The van der Waals surface area contributed by atoms with Crippen molar-refractivity contribution < 1.29 is 58.3 Å². The van der Waals surface area contributed by atoms with Gasteiger partial charge < -0.3 is 39.9 Å². The average Bonchev–Trinajstić information content (AvgIpc) is 3.26. The summed E-state index contributed by atoms with van der Waals surface area (Å²) in [6.07, 6.45) is 31.7. The molecule has 12 nitrogen and oxygen atoms in total. The molecule has 1 aliphatic rings. The van der Waals surface area contributed by atoms with Crippen LogP contribution < -0.4 is 0 Å².